The summed E-state index contributed by atoms with van der Waals surface area (Å²) in [7, 11) is 0. The summed E-state index contributed by atoms with van der Waals surface area (Å²) in [5, 5.41) is 5.74. The zero-order valence-corrected chi connectivity index (χ0v) is 23.0. The lowest BCUT2D eigenvalue weighted by atomic mass is 10.1. The molecule has 4 aromatic heterocycles. The van der Waals surface area contributed by atoms with Crippen LogP contribution in [0.1, 0.15) is 0 Å². The molecule has 0 amide bonds. The molecular formula is C36H20N4OS. The summed E-state index contributed by atoms with van der Waals surface area (Å²) in [5.74, 6) is 1.80. The van der Waals surface area contributed by atoms with Gasteiger partial charge in [0.25, 0.3) is 0 Å². The second-order valence-electron chi connectivity index (χ2n) is 10.3. The van der Waals surface area contributed by atoms with E-state index < -0.39 is 0 Å². The molecule has 0 unspecified atom stereocenters. The van der Waals surface area contributed by atoms with Gasteiger partial charge in [-0.3, -0.25) is 4.98 Å². The van der Waals surface area contributed by atoms with Gasteiger partial charge in [-0.15, -0.1) is 11.3 Å². The quantitative estimate of drug-likeness (QED) is 0.217. The average Bonchev–Trinajstić information content (AvgIpc) is 3.63. The third-order valence-electron chi connectivity index (χ3n) is 7.77. The Bertz CT molecular complexity index is 2480. The van der Waals surface area contributed by atoms with Crippen LogP contribution in [0.4, 0.5) is 0 Å². The molecule has 5 nitrogen and oxygen atoms in total. The van der Waals surface area contributed by atoms with Gasteiger partial charge in [-0.05, 0) is 35.0 Å². The van der Waals surface area contributed by atoms with Gasteiger partial charge in [-0.25, -0.2) is 15.0 Å². The molecule has 0 atom stereocenters. The average molecular weight is 557 g/mol. The predicted octanol–water partition coefficient (Wildman–Crippen LogP) is 9.69. The van der Waals surface area contributed by atoms with Crippen LogP contribution < -0.4 is 0 Å². The van der Waals surface area contributed by atoms with Gasteiger partial charge >= 0.3 is 0 Å². The molecule has 6 heteroatoms. The molecule has 0 spiro atoms. The van der Waals surface area contributed by atoms with Crippen molar-refractivity contribution in [3.05, 3.63) is 121 Å². The minimum atomic E-state index is 0.552. The van der Waals surface area contributed by atoms with E-state index in [0.29, 0.717) is 23.1 Å². The Morgan fingerprint density at radius 2 is 1.29 bits per heavy atom. The van der Waals surface area contributed by atoms with Crippen molar-refractivity contribution >= 4 is 64.4 Å². The fourth-order valence-corrected chi connectivity index (χ4v) is 7.01. The monoisotopic (exact) mass is 556 g/mol. The van der Waals surface area contributed by atoms with Crippen LogP contribution in [0.25, 0.3) is 87.2 Å². The maximum Gasteiger partial charge on any atom is 0.165 e. The number of benzene rings is 5. The molecule has 0 N–H and O–H groups in total. The van der Waals surface area contributed by atoms with E-state index in [1.165, 1.54) is 15.5 Å². The highest BCUT2D eigenvalue weighted by molar-refractivity contribution is 7.26. The molecule has 4 heterocycles. The number of rotatable bonds is 3. The van der Waals surface area contributed by atoms with E-state index in [0.717, 1.165) is 48.6 Å². The lowest BCUT2D eigenvalue weighted by Gasteiger charge is -2.09. The third kappa shape index (κ3) is 3.56. The number of furan rings is 1. The maximum atomic E-state index is 6.31. The number of nitrogens with zero attached hydrogens (tertiary/aromatic N) is 4. The molecule has 0 fully saturated rings. The molecule has 0 aliphatic carbocycles. The number of pyridine rings is 1. The zero-order valence-electron chi connectivity index (χ0n) is 22.2. The summed E-state index contributed by atoms with van der Waals surface area (Å²) < 4.78 is 8.71. The second-order valence-corrected chi connectivity index (χ2v) is 11.3. The molecule has 0 saturated carbocycles. The van der Waals surface area contributed by atoms with Crippen LogP contribution in [0.3, 0.4) is 0 Å². The maximum absolute atomic E-state index is 6.31. The fourth-order valence-electron chi connectivity index (χ4n) is 5.80. The first-order chi connectivity index (χ1) is 20.8. The smallest absolute Gasteiger partial charge is 0.165 e. The molecule has 5 aromatic carbocycles. The second kappa shape index (κ2) is 9.03. The Kier molecular flexibility index (Phi) is 5.00. The zero-order chi connectivity index (χ0) is 27.6. The van der Waals surface area contributed by atoms with Gasteiger partial charge in [0.2, 0.25) is 0 Å². The van der Waals surface area contributed by atoms with E-state index in [1.54, 1.807) is 11.3 Å². The van der Waals surface area contributed by atoms with Crippen molar-refractivity contribution in [1.29, 1.82) is 0 Å². The highest BCUT2D eigenvalue weighted by Gasteiger charge is 2.18. The van der Waals surface area contributed by atoms with Crippen LogP contribution in [0.15, 0.2) is 126 Å². The fraction of sp³-hybridized carbons (Fsp3) is 0. The van der Waals surface area contributed by atoms with Crippen molar-refractivity contribution in [1.82, 2.24) is 19.9 Å². The Morgan fingerprint density at radius 3 is 2.19 bits per heavy atom. The minimum absolute atomic E-state index is 0.552. The molecular weight excluding hydrogens is 536 g/mol. The molecule has 0 saturated heterocycles. The Labute approximate surface area is 243 Å². The summed E-state index contributed by atoms with van der Waals surface area (Å²) in [6.07, 6.45) is 1.84. The summed E-state index contributed by atoms with van der Waals surface area (Å²) in [5.41, 5.74) is 5.03. The summed E-state index contributed by atoms with van der Waals surface area (Å²) in [4.78, 5) is 19.8. The Morgan fingerprint density at radius 1 is 0.548 bits per heavy atom. The number of hydrogen-bond acceptors (Lipinski definition) is 6. The van der Waals surface area contributed by atoms with E-state index in [9.17, 15) is 0 Å². The first-order valence-electron chi connectivity index (χ1n) is 13.7. The lowest BCUT2D eigenvalue weighted by molar-refractivity contribution is 0.668. The number of thiophene rings is 1. The molecule has 0 aliphatic rings. The van der Waals surface area contributed by atoms with Gasteiger partial charge in [0, 0.05) is 43.1 Å². The Hall–Kier alpha value is -5.46. The van der Waals surface area contributed by atoms with Crippen LogP contribution in [-0.4, -0.2) is 19.9 Å². The summed E-state index contributed by atoms with van der Waals surface area (Å²) in [6, 6.07) is 39.3. The topological polar surface area (TPSA) is 64.7 Å². The van der Waals surface area contributed by atoms with Crippen LogP contribution in [-0.2, 0) is 0 Å². The molecule has 0 radical (unpaired) electrons. The van der Waals surface area contributed by atoms with Gasteiger partial charge < -0.3 is 4.42 Å². The van der Waals surface area contributed by atoms with Gasteiger partial charge in [0.1, 0.15) is 11.1 Å². The first kappa shape index (κ1) is 23.3. The SMILES string of the molecule is c1ccc(-c2nc(-c3cnc4c(c3)oc3ccc5ccccc5c34)nc(-c3cccc4c3sc3ccccc34)n2)cc1. The number of aromatic nitrogens is 4. The minimum Gasteiger partial charge on any atom is -0.454 e. The van der Waals surface area contributed by atoms with Gasteiger partial charge in [0.05, 0.1) is 5.39 Å². The molecule has 9 rings (SSSR count). The first-order valence-corrected chi connectivity index (χ1v) is 14.5. The van der Waals surface area contributed by atoms with Gasteiger partial charge in [0.15, 0.2) is 23.1 Å². The third-order valence-corrected chi connectivity index (χ3v) is 8.99. The number of hydrogen-bond donors (Lipinski definition) is 0. The molecule has 0 aliphatic heterocycles. The molecule has 0 bridgehead atoms. The van der Waals surface area contributed by atoms with E-state index >= 15 is 0 Å². The summed E-state index contributed by atoms with van der Waals surface area (Å²) in [6.45, 7) is 0. The largest absolute Gasteiger partial charge is 0.454 e. The van der Waals surface area contributed by atoms with Gasteiger partial charge in [-0.2, -0.15) is 0 Å². The highest BCUT2D eigenvalue weighted by atomic mass is 32.1. The van der Waals surface area contributed by atoms with Crippen molar-refractivity contribution in [3.8, 4) is 34.2 Å². The summed E-state index contributed by atoms with van der Waals surface area (Å²) >= 11 is 1.76. The van der Waals surface area contributed by atoms with Crippen LogP contribution >= 0.6 is 11.3 Å². The van der Waals surface area contributed by atoms with Crippen molar-refractivity contribution in [2.45, 2.75) is 0 Å². The van der Waals surface area contributed by atoms with Crippen LogP contribution in [0.2, 0.25) is 0 Å². The highest BCUT2D eigenvalue weighted by Crippen LogP contribution is 2.40. The molecule has 196 valence electrons. The molecule has 9 aromatic rings. The van der Waals surface area contributed by atoms with Crippen molar-refractivity contribution < 1.29 is 4.42 Å². The van der Waals surface area contributed by atoms with Gasteiger partial charge in [-0.1, -0.05) is 91.0 Å². The lowest BCUT2D eigenvalue weighted by Crippen LogP contribution is -2.00. The van der Waals surface area contributed by atoms with E-state index in [1.807, 2.05) is 60.8 Å². The molecule has 42 heavy (non-hydrogen) atoms. The Balaban J connectivity index is 1.28. The van der Waals surface area contributed by atoms with Crippen molar-refractivity contribution in [2.75, 3.05) is 0 Å². The van der Waals surface area contributed by atoms with Crippen molar-refractivity contribution in [2.24, 2.45) is 0 Å². The van der Waals surface area contributed by atoms with Crippen molar-refractivity contribution in [3.63, 3.8) is 0 Å². The van der Waals surface area contributed by atoms with E-state index in [2.05, 4.69) is 60.7 Å². The standard InChI is InChI=1S/C36H20N4OS/c1-2-10-22(11-3-1)34-38-35(40-36(39-34)27-15-8-14-26-25-13-6-7-16-30(25)42-33(26)27)23-19-29-32(37-20-23)31-24-12-5-4-9-21(24)17-18-28(31)41-29/h1-20H. The van der Waals surface area contributed by atoms with Crippen LogP contribution in [0, 0.1) is 0 Å². The number of fused-ring (bicyclic) bond motifs is 8. The van der Waals surface area contributed by atoms with E-state index in [-0.39, 0.29) is 0 Å². The van der Waals surface area contributed by atoms with E-state index in [4.69, 9.17) is 24.4 Å². The van der Waals surface area contributed by atoms with Crippen LogP contribution in [0.5, 0.6) is 0 Å². The normalized spacial score (nSPS) is 11.8. The predicted molar refractivity (Wildman–Crippen MR) is 172 cm³/mol.